The van der Waals surface area contributed by atoms with Crippen LogP contribution >= 0.6 is 0 Å². The van der Waals surface area contributed by atoms with Gasteiger partial charge in [0.2, 0.25) is 0 Å². The molecule has 2 aromatic carbocycles. The van der Waals surface area contributed by atoms with Crippen molar-refractivity contribution < 1.29 is 4.79 Å². The topological polar surface area (TPSA) is 29.1 Å². The number of rotatable bonds is 11. The highest BCUT2D eigenvalue weighted by molar-refractivity contribution is 5.94. The van der Waals surface area contributed by atoms with Crippen LogP contribution in [0, 0.1) is 5.92 Å². The molecule has 2 nitrogen and oxygen atoms in total. The van der Waals surface area contributed by atoms with Gasteiger partial charge in [0.05, 0.1) is 0 Å². The van der Waals surface area contributed by atoms with Crippen LogP contribution < -0.4 is 5.32 Å². The minimum absolute atomic E-state index is 0.0504. The molecule has 0 unspecified atom stereocenters. The van der Waals surface area contributed by atoms with Gasteiger partial charge in [0.25, 0.3) is 5.91 Å². The summed E-state index contributed by atoms with van der Waals surface area (Å²) in [4.78, 5) is 12.4. The van der Waals surface area contributed by atoms with Gasteiger partial charge in [-0.15, -0.1) is 0 Å². The van der Waals surface area contributed by atoms with Gasteiger partial charge in [0.15, 0.2) is 0 Å². The van der Waals surface area contributed by atoms with E-state index in [1.807, 2.05) is 12.1 Å². The van der Waals surface area contributed by atoms with E-state index in [1.54, 1.807) is 0 Å². The fourth-order valence-electron chi connectivity index (χ4n) is 3.62. The molecule has 0 fully saturated rings. The zero-order chi connectivity index (χ0) is 19.5. The molecular weight excluding hydrogens is 330 g/mol. The number of nitrogens with one attached hydrogen (secondary N) is 1. The van der Waals surface area contributed by atoms with E-state index in [-0.39, 0.29) is 5.91 Å². The molecule has 27 heavy (non-hydrogen) atoms. The molecule has 0 saturated heterocycles. The van der Waals surface area contributed by atoms with E-state index in [0.717, 1.165) is 31.4 Å². The summed E-state index contributed by atoms with van der Waals surface area (Å²) in [5.41, 5.74) is 4.82. The minimum atomic E-state index is 0.0504. The Hall–Kier alpha value is -2.09. The predicted octanol–water partition coefficient (Wildman–Crippen LogP) is 5.98. The third-order valence-electron chi connectivity index (χ3n) is 5.26. The molecule has 1 N–H and O–H groups in total. The van der Waals surface area contributed by atoms with E-state index in [2.05, 4.69) is 62.5 Å². The maximum Gasteiger partial charge on any atom is 0.251 e. The number of amides is 1. The lowest BCUT2D eigenvalue weighted by Gasteiger charge is -2.16. The largest absolute Gasteiger partial charge is 0.352 e. The van der Waals surface area contributed by atoms with Gasteiger partial charge in [-0.05, 0) is 66.8 Å². The van der Waals surface area contributed by atoms with Crippen molar-refractivity contribution >= 4 is 5.91 Å². The van der Waals surface area contributed by atoms with Crippen LogP contribution in [0.1, 0.15) is 73.5 Å². The first-order chi connectivity index (χ1) is 13.2. The van der Waals surface area contributed by atoms with Crippen molar-refractivity contribution in [2.24, 2.45) is 5.92 Å². The van der Waals surface area contributed by atoms with Crippen molar-refractivity contribution in [2.45, 2.75) is 65.7 Å². The van der Waals surface area contributed by atoms with Gasteiger partial charge in [-0.25, -0.2) is 0 Å². The third kappa shape index (κ3) is 7.21. The van der Waals surface area contributed by atoms with E-state index in [4.69, 9.17) is 0 Å². The first-order valence-electron chi connectivity index (χ1n) is 10.6. The van der Waals surface area contributed by atoms with Crippen LogP contribution in [-0.2, 0) is 19.3 Å². The molecule has 2 rings (SSSR count). The first-order valence-corrected chi connectivity index (χ1v) is 10.6. The van der Waals surface area contributed by atoms with Gasteiger partial charge in [0, 0.05) is 12.1 Å². The van der Waals surface area contributed by atoms with Crippen LogP contribution in [0.15, 0.2) is 48.5 Å². The van der Waals surface area contributed by atoms with E-state index >= 15 is 0 Å². The number of carbonyl (C=O) groups is 1. The average molecular weight is 366 g/mol. The van der Waals surface area contributed by atoms with Gasteiger partial charge in [-0.2, -0.15) is 0 Å². The molecule has 0 aromatic heterocycles. The SMILES string of the molecule is CCCC(CCC)CNC(=O)c1ccc(CCc2cccc(CC)c2)cc1. The first kappa shape index (κ1) is 21.2. The van der Waals surface area contributed by atoms with Gasteiger partial charge in [-0.1, -0.05) is 70.0 Å². The fourth-order valence-corrected chi connectivity index (χ4v) is 3.62. The van der Waals surface area contributed by atoms with E-state index in [9.17, 15) is 4.79 Å². The smallest absolute Gasteiger partial charge is 0.251 e. The highest BCUT2D eigenvalue weighted by Gasteiger charge is 2.10. The molecule has 0 radical (unpaired) electrons. The third-order valence-corrected chi connectivity index (χ3v) is 5.26. The standard InChI is InChI=1S/C25H35NO/c1-4-8-23(9-5-2)19-26-25(27)24-16-14-21(15-17-24)12-13-22-11-7-10-20(6-3)18-22/h7,10-11,14-18,23H,4-6,8-9,12-13,19H2,1-3H3,(H,26,27). The lowest BCUT2D eigenvalue weighted by atomic mass is 9.98. The Bertz CT molecular complexity index is 684. The number of hydrogen-bond acceptors (Lipinski definition) is 1. The predicted molar refractivity (Wildman–Crippen MR) is 115 cm³/mol. The molecule has 1 amide bonds. The molecule has 2 aromatic rings. The van der Waals surface area contributed by atoms with Crippen LogP contribution in [0.3, 0.4) is 0 Å². The Labute approximate surface area is 165 Å². The maximum atomic E-state index is 12.4. The molecule has 0 spiro atoms. The second-order valence-corrected chi connectivity index (χ2v) is 7.52. The summed E-state index contributed by atoms with van der Waals surface area (Å²) in [6.45, 7) is 7.40. The quantitative estimate of drug-likeness (QED) is 0.521. The van der Waals surface area contributed by atoms with Crippen molar-refractivity contribution in [3.05, 3.63) is 70.8 Å². The van der Waals surface area contributed by atoms with Crippen LogP contribution in [0.5, 0.6) is 0 Å². The Balaban J connectivity index is 1.85. The summed E-state index contributed by atoms with van der Waals surface area (Å²) < 4.78 is 0. The summed E-state index contributed by atoms with van der Waals surface area (Å²) >= 11 is 0. The van der Waals surface area contributed by atoms with Crippen LogP contribution in [-0.4, -0.2) is 12.5 Å². The molecule has 0 heterocycles. The maximum absolute atomic E-state index is 12.4. The highest BCUT2D eigenvalue weighted by atomic mass is 16.1. The van der Waals surface area contributed by atoms with E-state index in [1.165, 1.54) is 42.4 Å². The van der Waals surface area contributed by atoms with Crippen molar-refractivity contribution in [1.82, 2.24) is 5.32 Å². The van der Waals surface area contributed by atoms with Crippen molar-refractivity contribution in [3.8, 4) is 0 Å². The number of hydrogen-bond donors (Lipinski definition) is 1. The second-order valence-electron chi connectivity index (χ2n) is 7.52. The zero-order valence-corrected chi connectivity index (χ0v) is 17.3. The highest BCUT2D eigenvalue weighted by Crippen LogP contribution is 2.14. The molecule has 2 heteroatoms. The van der Waals surface area contributed by atoms with Crippen LogP contribution in [0.4, 0.5) is 0 Å². The molecule has 146 valence electrons. The molecule has 0 aliphatic rings. The van der Waals surface area contributed by atoms with Crippen molar-refractivity contribution in [1.29, 1.82) is 0 Å². The Morgan fingerprint density at radius 2 is 1.48 bits per heavy atom. The Morgan fingerprint density at radius 1 is 0.852 bits per heavy atom. The Kier molecular flexibility index (Phi) is 9.10. The summed E-state index contributed by atoms with van der Waals surface area (Å²) in [6.07, 6.45) is 7.85. The number of aryl methyl sites for hydroxylation is 3. The lowest BCUT2D eigenvalue weighted by Crippen LogP contribution is -2.29. The monoisotopic (exact) mass is 365 g/mol. The zero-order valence-electron chi connectivity index (χ0n) is 17.3. The lowest BCUT2D eigenvalue weighted by molar-refractivity contribution is 0.0945. The molecule has 0 saturated carbocycles. The van der Waals surface area contributed by atoms with Gasteiger partial charge in [0.1, 0.15) is 0 Å². The van der Waals surface area contributed by atoms with Crippen LogP contribution in [0.2, 0.25) is 0 Å². The molecule has 0 atom stereocenters. The van der Waals surface area contributed by atoms with Gasteiger partial charge in [-0.3, -0.25) is 4.79 Å². The van der Waals surface area contributed by atoms with Crippen molar-refractivity contribution in [2.75, 3.05) is 6.54 Å². The Morgan fingerprint density at radius 3 is 2.11 bits per heavy atom. The normalized spacial score (nSPS) is 11.0. The average Bonchev–Trinajstić information content (AvgIpc) is 2.71. The van der Waals surface area contributed by atoms with Crippen molar-refractivity contribution in [3.63, 3.8) is 0 Å². The molecule has 0 aliphatic heterocycles. The molecule has 0 bridgehead atoms. The van der Waals surface area contributed by atoms with Gasteiger partial charge >= 0.3 is 0 Å². The van der Waals surface area contributed by atoms with Crippen LogP contribution in [0.25, 0.3) is 0 Å². The van der Waals surface area contributed by atoms with Gasteiger partial charge < -0.3 is 5.32 Å². The fraction of sp³-hybridized carbons (Fsp3) is 0.480. The second kappa shape index (κ2) is 11.6. The molecular formula is C25H35NO. The summed E-state index contributed by atoms with van der Waals surface area (Å²) in [6, 6.07) is 16.9. The summed E-state index contributed by atoms with van der Waals surface area (Å²) in [5.74, 6) is 0.650. The van der Waals surface area contributed by atoms with E-state index < -0.39 is 0 Å². The number of benzene rings is 2. The summed E-state index contributed by atoms with van der Waals surface area (Å²) in [5, 5.41) is 3.12. The number of carbonyl (C=O) groups excluding carboxylic acids is 1. The minimum Gasteiger partial charge on any atom is -0.352 e. The van der Waals surface area contributed by atoms with E-state index in [0.29, 0.717) is 5.92 Å². The summed E-state index contributed by atoms with van der Waals surface area (Å²) in [7, 11) is 0. The molecule has 0 aliphatic carbocycles.